The van der Waals surface area contributed by atoms with E-state index in [0.29, 0.717) is 0 Å². The molecule has 1 aromatic heterocycles. The van der Waals surface area contributed by atoms with E-state index in [1.807, 2.05) is 0 Å². The Morgan fingerprint density at radius 2 is 1.94 bits per heavy atom. The van der Waals surface area contributed by atoms with Crippen LogP contribution in [0.3, 0.4) is 0 Å². The molecule has 96 valence electrons. The van der Waals surface area contributed by atoms with Crippen molar-refractivity contribution < 1.29 is 19.5 Å². The number of carboxylic acid groups (broad SMARTS) is 1. The molecule has 0 saturated heterocycles. The number of carbonyl (C=O) groups is 3. The van der Waals surface area contributed by atoms with Gasteiger partial charge >= 0.3 is 5.97 Å². The first-order chi connectivity index (χ1) is 8.45. The highest BCUT2D eigenvalue weighted by atomic mass is 16.4. The summed E-state index contributed by atoms with van der Waals surface area (Å²) < 4.78 is 0. The first-order valence-corrected chi connectivity index (χ1v) is 5.17. The first kappa shape index (κ1) is 13.6. The number of hydrogen-bond acceptors (Lipinski definition) is 4. The molecule has 0 spiro atoms. The molecule has 0 saturated carbocycles. The van der Waals surface area contributed by atoms with Crippen LogP contribution in [0.1, 0.15) is 27.8 Å². The molecular formula is C11H13N3O4. The van der Waals surface area contributed by atoms with Gasteiger partial charge in [0.1, 0.15) is 11.7 Å². The Morgan fingerprint density at radius 3 is 2.39 bits per heavy atom. The molecular weight excluding hydrogens is 238 g/mol. The van der Waals surface area contributed by atoms with Gasteiger partial charge in [0.2, 0.25) is 0 Å². The first-order valence-electron chi connectivity index (χ1n) is 5.17. The van der Waals surface area contributed by atoms with E-state index in [2.05, 4.69) is 15.6 Å². The second-order valence-electron chi connectivity index (χ2n) is 3.54. The number of amides is 2. The Labute approximate surface area is 103 Å². The van der Waals surface area contributed by atoms with Crippen molar-refractivity contribution in [2.75, 3.05) is 7.05 Å². The van der Waals surface area contributed by atoms with Crippen LogP contribution in [0.5, 0.6) is 0 Å². The number of nitrogens with one attached hydrogen (secondary N) is 2. The van der Waals surface area contributed by atoms with Crippen LogP contribution in [-0.4, -0.2) is 41.0 Å². The van der Waals surface area contributed by atoms with Gasteiger partial charge in [0, 0.05) is 13.2 Å². The third-order valence-corrected chi connectivity index (χ3v) is 2.20. The number of pyridine rings is 1. The van der Waals surface area contributed by atoms with Crippen molar-refractivity contribution in [2.45, 2.75) is 13.0 Å². The van der Waals surface area contributed by atoms with E-state index in [1.165, 1.54) is 32.3 Å². The largest absolute Gasteiger partial charge is 0.480 e. The van der Waals surface area contributed by atoms with E-state index in [0.717, 1.165) is 0 Å². The van der Waals surface area contributed by atoms with Crippen LogP contribution in [0.2, 0.25) is 0 Å². The van der Waals surface area contributed by atoms with Crippen molar-refractivity contribution in [3.05, 3.63) is 29.6 Å². The van der Waals surface area contributed by atoms with Crippen molar-refractivity contribution in [1.82, 2.24) is 15.6 Å². The summed E-state index contributed by atoms with van der Waals surface area (Å²) in [6.07, 6.45) is 1.22. The Hall–Kier alpha value is -2.44. The highest BCUT2D eigenvalue weighted by molar-refractivity contribution is 5.97. The Balaban J connectivity index is 2.76. The highest BCUT2D eigenvalue weighted by Gasteiger charge is 2.15. The van der Waals surface area contributed by atoms with Crippen LogP contribution >= 0.6 is 0 Å². The van der Waals surface area contributed by atoms with E-state index in [-0.39, 0.29) is 17.2 Å². The molecule has 2 amide bonds. The summed E-state index contributed by atoms with van der Waals surface area (Å²) >= 11 is 0. The minimum absolute atomic E-state index is 0.181. The van der Waals surface area contributed by atoms with Crippen molar-refractivity contribution in [3.63, 3.8) is 0 Å². The van der Waals surface area contributed by atoms with E-state index in [9.17, 15) is 14.4 Å². The zero-order valence-corrected chi connectivity index (χ0v) is 9.93. The summed E-state index contributed by atoms with van der Waals surface area (Å²) in [6, 6.07) is 1.80. The van der Waals surface area contributed by atoms with E-state index in [4.69, 9.17) is 5.11 Å². The number of rotatable bonds is 4. The molecule has 0 aromatic carbocycles. The van der Waals surface area contributed by atoms with Crippen molar-refractivity contribution in [2.24, 2.45) is 0 Å². The molecule has 0 bridgehead atoms. The molecule has 0 aliphatic carbocycles. The van der Waals surface area contributed by atoms with E-state index < -0.39 is 17.9 Å². The number of carbonyl (C=O) groups excluding carboxylic acids is 2. The molecule has 1 rings (SSSR count). The molecule has 1 unspecified atom stereocenters. The molecule has 0 radical (unpaired) electrons. The monoisotopic (exact) mass is 251 g/mol. The van der Waals surface area contributed by atoms with Crippen LogP contribution in [0.4, 0.5) is 0 Å². The van der Waals surface area contributed by atoms with Gasteiger partial charge in [-0.2, -0.15) is 0 Å². The summed E-state index contributed by atoms with van der Waals surface area (Å²) in [5.74, 6) is -2.04. The quantitative estimate of drug-likeness (QED) is 0.677. The lowest BCUT2D eigenvalue weighted by Crippen LogP contribution is -2.38. The molecule has 3 N–H and O–H groups in total. The maximum atomic E-state index is 11.6. The maximum absolute atomic E-state index is 11.6. The lowest BCUT2D eigenvalue weighted by molar-refractivity contribution is -0.138. The lowest BCUT2D eigenvalue weighted by atomic mass is 10.2. The van der Waals surface area contributed by atoms with Gasteiger partial charge in [-0.15, -0.1) is 0 Å². The normalized spacial score (nSPS) is 11.4. The summed E-state index contributed by atoms with van der Waals surface area (Å²) in [6.45, 7) is 1.35. The smallest absolute Gasteiger partial charge is 0.325 e. The molecule has 1 atom stereocenters. The van der Waals surface area contributed by atoms with E-state index >= 15 is 0 Å². The average Bonchev–Trinajstić information content (AvgIpc) is 2.37. The fourth-order valence-corrected chi connectivity index (χ4v) is 1.13. The van der Waals surface area contributed by atoms with Gasteiger partial charge in [-0.25, -0.2) is 0 Å². The predicted molar refractivity (Wildman–Crippen MR) is 62.2 cm³/mol. The summed E-state index contributed by atoms with van der Waals surface area (Å²) in [7, 11) is 1.47. The summed E-state index contributed by atoms with van der Waals surface area (Å²) in [5.41, 5.74) is 0.371. The van der Waals surface area contributed by atoms with Crippen molar-refractivity contribution >= 4 is 17.8 Å². The van der Waals surface area contributed by atoms with Gasteiger partial charge < -0.3 is 15.7 Å². The molecule has 1 aromatic rings. The molecule has 0 aliphatic rings. The third-order valence-electron chi connectivity index (χ3n) is 2.20. The molecule has 1 heterocycles. The maximum Gasteiger partial charge on any atom is 0.325 e. The zero-order valence-electron chi connectivity index (χ0n) is 9.93. The Kier molecular flexibility index (Phi) is 4.36. The topological polar surface area (TPSA) is 108 Å². The Morgan fingerprint density at radius 1 is 1.28 bits per heavy atom. The van der Waals surface area contributed by atoms with Gasteiger partial charge in [-0.05, 0) is 19.1 Å². The van der Waals surface area contributed by atoms with Crippen molar-refractivity contribution in [1.29, 1.82) is 0 Å². The standard InChI is InChI=1S/C11H13N3O4/c1-6(11(17)18)14-9(15)7-3-4-8(13-5-7)10(16)12-2/h3-6H,1-2H3,(H,12,16)(H,14,15)(H,17,18). The van der Waals surface area contributed by atoms with Crippen LogP contribution in [0, 0.1) is 0 Å². The van der Waals surface area contributed by atoms with Gasteiger partial charge in [0.25, 0.3) is 11.8 Å². The fourth-order valence-electron chi connectivity index (χ4n) is 1.13. The fraction of sp³-hybridized carbons (Fsp3) is 0.273. The average molecular weight is 251 g/mol. The van der Waals surface area contributed by atoms with Gasteiger partial charge in [-0.1, -0.05) is 0 Å². The SMILES string of the molecule is CNC(=O)c1ccc(C(=O)NC(C)C(=O)O)cn1. The Bertz CT molecular complexity index is 470. The number of aromatic nitrogens is 1. The zero-order chi connectivity index (χ0) is 13.7. The number of nitrogens with zero attached hydrogens (tertiary/aromatic N) is 1. The number of carboxylic acids is 1. The van der Waals surface area contributed by atoms with Gasteiger partial charge in [0.05, 0.1) is 5.56 Å². The lowest BCUT2D eigenvalue weighted by Gasteiger charge is -2.09. The molecule has 0 aliphatic heterocycles. The molecule has 18 heavy (non-hydrogen) atoms. The third kappa shape index (κ3) is 3.27. The number of hydrogen-bond donors (Lipinski definition) is 3. The predicted octanol–water partition coefficient (Wildman–Crippen LogP) is -0.356. The van der Waals surface area contributed by atoms with Crippen LogP contribution < -0.4 is 10.6 Å². The number of aliphatic carboxylic acids is 1. The van der Waals surface area contributed by atoms with Crippen LogP contribution in [0.15, 0.2) is 18.3 Å². The minimum Gasteiger partial charge on any atom is -0.480 e. The van der Waals surface area contributed by atoms with Crippen LogP contribution in [-0.2, 0) is 4.79 Å². The summed E-state index contributed by atoms with van der Waals surface area (Å²) in [4.78, 5) is 37.2. The second-order valence-corrected chi connectivity index (χ2v) is 3.54. The molecule has 7 heteroatoms. The van der Waals surface area contributed by atoms with Gasteiger partial charge in [0.15, 0.2) is 0 Å². The summed E-state index contributed by atoms with van der Waals surface area (Å²) in [5, 5.41) is 13.3. The van der Waals surface area contributed by atoms with E-state index in [1.54, 1.807) is 0 Å². The minimum atomic E-state index is -1.13. The highest BCUT2D eigenvalue weighted by Crippen LogP contribution is 2.01. The molecule has 7 nitrogen and oxygen atoms in total. The van der Waals surface area contributed by atoms with Gasteiger partial charge in [-0.3, -0.25) is 19.4 Å². The van der Waals surface area contributed by atoms with Crippen molar-refractivity contribution in [3.8, 4) is 0 Å². The van der Waals surface area contributed by atoms with Crippen LogP contribution in [0.25, 0.3) is 0 Å². The second kappa shape index (κ2) is 5.76. The molecule has 0 fully saturated rings.